The van der Waals surface area contributed by atoms with Crippen LogP contribution in [0.1, 0.15) is 12.8 Å². The van der Waals surface area contributed by atoms with Crippen LogP contribution in [-0.2, 0) is 10.0 Å². The van der Waals surface area contributed by atoms with Crippen LogP contribution in [0.15, 0.2) is 41.4 Å². The van der Waals surface area contributed by atoms with Gasteiger partial charge >= 0.3 is 0 Å². The smallest absolute Gasteiger partial charge is 0.245 e. The molecule has 1 aromatic heterocycles. The highest BCUT2D eigenvalue weighted by Gasteiger charge is 2.32. The van der Waals surface area contributed by atoms with Gasteiger partial charge in [-0.2, -0.15) is 4.31 Å². The summed E-state index contributed by atoms with van der Waals surface area (Å²) in [5, 5.41) is 0.852. The third-order valence-electron chi connectivity index (χ3n) is 4.30. The zero-order valence-electron chi connectivity index (χ0n) is 12.9. The molecule has 2 aromatic rings. The highest BCUT2D eigenvalue weighted by Crippen LogP contribution is 2.26. The van der Waals surface area contributed by atoms with Gasteiger partial charge in [0, 0.05) is 30.7 Å². The van der Waals surface area contributed by atoms with Crippen molar-refractivity contribution in [2.45, 2.75) is 23.8 Å². The normalized spacial score (nSPS) is 20.6. The van der Waals surface area contributed by atoms with E-state index in [-0.39, 0.29) is 6.04 Å². The van der Waals surface area contributed by atoms with Crippen LogP contribution in [-0.4, -0.2) is 55.8 Å². The van der Waals surface area contributed by atoms with E-state index in [0.717, 1.165) is 18.2 Å². The first-order valence-electron chi connectivity index (χ1n) is 7.50. The fraction of sp³-hybridized carbons (Fsp3) is 0.438. The maximum atomic E-state index is 13.0. The molecule has 1 saturated heterocycles. The zero-order valence-corrected chi connectivity index (χ0v) is 13.8. The van der Waals surface area contributed by atoms with Crippen LogP contribution >= 0.6 is 0 Å². The lowest BCUT2D eigenvalue weighted by molar-refractivity contribution is 0.190. The molecule has 3 rings (SSSR count). The second kappa shape index (κ2) is 5.95. The molecule has 22 heavy (non-hydrogen) atoms. The summed E-state index contributed by atoms with van der Waals surface area (Å²) in [6, 6.07) is 9.31. The first kappa shape index (κ1) is 15.4. The minimum absolute atomic E-state index is 0.270. The number of nitrogens with zero attached hydrogens (tertiary/aromatic N) is 3. The number of hydrogen-bond donors (Lipinski definition) is 0. The molecule has 2 heterocycles. The third kappa shape index (κ3) is 2.74. The fourth-order valence-corrected chi connectivity index (χ4v) is 4.67. The predicted octanol–water partition coefficient (Wildman–Crippen LogP) is 1.95. The second-order valence-electron chi connectivity index (χ2n) is 5.95. The lowest BCUT2D eigenvalue weighted by Gasteiger charge is -2.35. The van der Waals surface area contributed by atoms with Crippen LogP contribution in [0.4, 0.5) is 0 Å². The largest absolute Gasteiger partial charge is 0.305 e. The van der Waals surface area contributed by atoms with Gasteiger partial charge in [0.2, 0.25) is 10.0 Å². The van der Waals surface area contributed by atoms with Crippen LogP contribution < -0.4 is 0 Å². The number of aromatic nitrogens is 1. The number of sulfonamides is 1. The number of fused-ring (bicyclic) bond motifs is 1. The average Bonchev–Trinajstić information content (AvgIpc) is 2.54. The summed E-state index contributed by atoms with van der Waals surface area (Å²) in [6.07, 6.45) is 3.56. The first-order chi connectivity index (χ1) is 10.5. The van der Waals surface area contributed by atoms with Crippen molar-refractivity contribution < 1.29 is 8.42 Å². The molecular weight excluding hydrogens is 298 g/mol. The van der Waals surface area contributed by atoms with Gasteiger partial charge in [0.15, 0.2) is 0 Å². The molecule has 0 spiro atoms. The Morgan fingerprint density at radius 3 is 2.77 bits per heavy atom. The third-order valence-corrected chi connectivity index (χ3v) is 6.20. The van der Waals surface area contributed by atoms with Crippen molar-refractivity contribution in [2.75, 3.05) is 27.2 Å². The Morgan fingerprint density at radius 1 is 1.23 bits per heavy atom. The van der Waals surface area contributed by atoms with Crippen LogP contribution in [0.5, 0.6) is 0 Å². The Hall–Kier alpha value is -1.50. The molecule has 118 valence electrons. The summed E-state index contributed by atoms with van der Waals surface area (Å²) in [5.74, 6) is 0. The lowest BCUT2D eigenvalue weighted by Crippen LogP contribution is -2.47. The molecule has 6 heteroatoms. The molecular formula is C16H21N3O2S. The van der Waals surface area contributed by atoms with Gasteiger partial charge < -0.3 is 4.90 Å². The minimum atomic E-state index is -3.51. The standard InChI is InChI=1S/C16H21N3O2S/c1-18(2)14-8-5-11-19(12-14)22(20,21)15-9-3-6-13-7-4-10-17-16(13)15/h3-4,6-7,9-10,14H,5,8,11-12H2,1-2H3. The molecule has 1 aliphatic heterocycles. The maximum absolute atomic E-state index is 13.0. The number of likely N-dealkylation sites (N-methyl/N-ethyl adjacent to an activating group) is 1. The van der Waals surface area contributed by atoms with Crippen molar-refractivity contribution >= 4 is 20.9 Å². The van der Waals surface area contributed by atoms with Crippen molar-refractivity contribution in [1.82, 2.24) is 14.2 Å². The van der Waals surface area contributed by atoms with Crippen LogP contribution in [0, 0.1) is 0 Å². The molecule has 1 aromatic carbocycles. The van der Waals surface area contributed by atoms with Gasteiger partial charge in [-0.05, 0) is 39.1 Å². The zero-order chi connectivity index (χ0) is 15.7. The molecule has 1 unspecified atom stereocenters. The molecule has 1 atom stereocenters. The highest BCUT2D eigenvalue weighted by atomic mass is 32.2. The molecule has 0 aliphatic carbocycles. The molecule has 1 aliphatic rings. The van der Waals surface area contributed by atoms with E-state index < -0.39 is 10.0 Å². The summed E-state index contributed by atoms with van der Waals surface area (Å²) in [4.78, 5) is 6.69. The van der Waals surface area contributed by atoms with E-state index in [9.17, 15) is 8.42 Å². The van der Waals surface area contributed by atoms with Crippen molar-refractivity contribution in [1.29, 1.82) is 0 Å². The Balaban J connectivity index is 2.01. The van der Waals surface area contributed by atoms with Crippen LogP contribution in [0.25, 0.3) is 10.9 Å². The van der Waals surface area contributed by atoms with E-state index in [1.165, 1.54) is 0 Å². The van der Waals surface area contributed by atoms with Crippen molar-refractivity contribution in [3.8, 4) is 0 Å². The van der Waals surface area contributed by atoms with E-state index >= 15 is 0 Å². The number of para-hydroxylation sites is 1. The number of rotatable bonds is 3. The predicted molar refractivity (Wildman–Crippen MR) is 87.2 cm³/mol. The van der Waals surface area contributed by atoms with Gasteiger partial charge in [-0.1, -0.05) is 18.2 Å². The molecule has 0 amide bonds. The Kier molecular flexibility index (Phi) is 4.16. The molecule has 1 fully saturated rings. The summed E-state index contributed by atoms with van der Waals surface area (Å²) in [6.45, 7) is 1.12. The van der Waals surface area contributed by atoms with Gasteiger partial charge in [0.1, 0.15) is 4.90 Å². The van der Waals surface area contributed by atoms with Crippen molar-refractivity contribution in [2.24, 2.45) is 0 Å². The number of pyridine rings is 1. The van der Waals surface area contributed by atoms with E-state index in [4.69, 9.17) is 0 Å². The van der Waals surface area contributed by atoms with Crippen LogP contribution in [0.3, 0.4) is 0 Å². The van der Waals surface area contributed by atoms with E-state index in [2.05, 4.69) is 9.88 Å². The van der Waals surface area contributed by atoms with Gasteiger partial charge in [-0.3, -0.25) is 4.98 Å². The molecule has 0 bridgehead atoms. The fourth-order valence-electron chi connectivity index (χ4n) is 2.98. The van der Waals surface area contributed by atoms with Crippen molar-refractivity contribution in [3.63, 3.8) is 0 Å². The van der Waals surface area contributed by atoms with Gasteiger partial charge in [-0.25, -0.2) is 8.42 Å². The molecule has 5 nitrogen and oxygen atoms in total. The topological polar surface area (TPSA) is 53.5 Å². The van der Waals surface area contributed by atoms with Gasteiger partial charge in [0.25, 0.3) is 0 Å². The van der Waals surface area contributed by atoms with Crippen molar-refractivity contribution in [3.05, 3.63) is 36.5 Å². The second-order valence-corrected chi connectivity index (χ2v) is 7.86. The Labute approximate surface area is 131 Å². The summed E-state index contributed by atoms with van der Waals surface area (Å²) < 4.78 is 27.7. The average molecular weight is 319 g/mol. The summed E-state index contributed by atoms with van der Waals surface area (Å²) in [7, 11) is 0.490. The van der Waals surface area contributed by atoms with E-state index in [1.54, 1.807) is 22.6 Å². The first-order valence-corrected chi connectivity index (χ1v) is 8.94. The molecule has 0 saturated carbocycles. The van der Waals surface area contributed by atoms with Gasteiger partial charge in [0.05, 0.1) is 5.52 Å². The van der Waals surface area contributed by atoms with E-state index in [0.29, 0.717) is 23.5 Å². The van der Waals surface area contributed by atoms with Gasteiger partial charge in [-0.15, -0.1) is 0 Å². The van der Waals surface area contributed by atoms with E-state index in [1.807, 2.05) is 32.3 Å². The number of benzene rings is 1. The monoisotopic (exact) mass is 319 g/mol. The summed E-state index contributed by atoms with van der Waals surface area (Å²) in [5.41, 5.74) is 0.553. The Bertz CT molecular complexity index is 769. The highest BCUT2D eigenvalue weighted by molar-refractivity contribution is 7.89. The number of hydrogen-bond acceptors (Lipinski definition) is 4. The Morgan fingerprint density at radius 2 is 2.00 bits per heavy atom. The number of piperidine rings is 1. The summed E-state index contributed by atoms with van der Waals surface area (Å²) >= 11 is 0. The lowest BCUT2D eigenvalue weighted by atomic mass is 10.1. The van der Waals surface area contributed by atoms with Crippen LogP contribution in [0.2, 0.25) is 0 Å². The molecule has 0 N–H and O–H groups in total. The quantitative estimate of drug-likeness (QED) is 0.868. The minimum Gasteiger partial charge on any atom is -0.305 e. The molecule has 0 radical (unpaired) electrons. The maximum Gasteiger partial charge on any atom is 0.245 e. The SMILES string of the molecule is CN(C)C1CCCN(S(=O)(=O)c2cccc3cccnc23)C1.